The fourth-order valence-electron chi connectivity index (χ4n) is 3.37. The molecule has 0 spiro atoms. The molecule has 1 saturated heterocycles. The third-order valence-corrected chi connectivity index (χ3v) is 6.60. The van der Waals surface area contributed by atoms with Crippen molar-refractivity contribution in [3.8, 4) is 0 Å². The standard InChI is InChI=1S/C20H25N6O7P/c1-3-30-34(28,31-4-2)12-29-15-10-14(32-20(27)13-8-6-5-7-9-13)19(33-15)26-24-16-17(21)22-11-23-18(16)25-26/h5-9,11,14-15,19H,3-4,10,12H2,1-2H3,(H2,21,22,23,25)/t14-,15+,19-/m1/s1. The smallest absolute Gasteiger partial charge is 0.356 e. The molecule has 0 saturated carbocycles. The maximum Gasteiger partial charge on any atom is 0.356 e. The van der Waals surface area contributed by atoms with E-state index in [1.54, 1.807) is 44.2 Å². The maximum atomic E-state index is 12.8. The van der Waals surface area contributed by atoms with Gasteiger partial charge in [0.05, 0.1) is 18.8 Å². The van der Waals surface area contributed by atoms with Gasteiger partial charge in [0.2, 0.25) is 11.9 Å². The number of benzene rings is 1. The highest BCUT2D eigenvalue weighted by atomic mass is 31.2. The molecule has 1 aliphatic rings. The Labute approximate surface area is 195 Å². The predicted molar refractivity (Wildman–Crippen MR) is 119 cm³/mol. The molecular formula is C20H25N6O7P. The Morgan fingerprint density at radius 2 is 1.91 bits per heavy atom. The number of ether oxygens (including phenoxy) is 3. The van der Waals surface area contributed by atoms with Gasteiger partial charge in [0, 0.05) is 6.42 Å². The number of aromatic nitrogens is 5. The van der Waals surface area contributed by atoms with Gasteiger partial charge in [-0.15, -0.1) is 15.0 Å². The average Bonchev–Trinajstić information content (AvgIpc) is 3.43. The molecular weight excluding hydrogens is 467 g/mol. The number of nitrogens with two attached hydrogens (primary N) is 1. The second-order valence-electron chi connectivity index (χ2n) is 7.20. The molecule has 4 rings (SSSR count). The molecule has 182 valence electrons. The van der Waals surface area contributed by atoms with Gasteiger partial charge in [0.25, 0.3) is 0 Å². The lowest BCUT2D eigenvalue weighted by Gasteiger charge is -2.19. The first-order valence-electron chi connectivity index (χ1n) is 10.7. The largest absolute Gasteiger partial charge is 0.454 e. The molecule has 13 nitrogen and oxygen atoms in total. The Hall–Kier alpha value is -2.96. The van der Waals surface area contributed by atoms with E-state index >= 15 is 0 Å². The molecule has 0 bridgehead atoms. The van der Waals surface area contributed by atoms with Gasteiger partial charge in [-0.1, -0.05) is 18.2 Å². The highest BCUT2D eigenvalue weighted by molar-refractivity contribution is 7.53. The van der Waals surface area contributed by atoms with Crippen LogP contribution in [0.4, 0.5) is 5.82 Å². The molecule has 14 heteroatoms. The summed E-state index contributed by atoms with van der Waals surface area (Å²) in [5.41, 5.74) is 6.77. The lowest BCUT2D eigenvalue weighted by Crippen LogP contribution is -2.27. The van der Waals surface area contributed by atoms with Crippen LogP contribution in [0, 0.1) is 0 Å². The van der Waals surface area contributed by atoms with Crippen LogP contribution in [0.3, 0.4) is 0 Å². The van der Waals surface area contributed by atoms with Crippen molar-refractivity contribution in [2.75, 3.05) is 25.3 Å². The predicted octanol–water partition coefficient (Wildman–Crippen LogP) is 2.51. The molecule has 1 fully saturated rings. The van der Waals surface area contributed by atoms with Gasteiger partial charge in [-0.25, -0.2) is 14.8 Å². The molecule has 2 aromatic heterocycles. The van der Waals surface area contributed by atoms with E-state index in [9.17, 15) is 9.36 Å². The van der Waals surface area contributed by atoms with Crippen molar-refractivity contribution in [1.29, 1.82) is 0 Å². The quantitative estimate of drug-likeness (QED) is 0.325. The number of carbonyl (C=O) groups is 1. The maximum absolute atomic E-state index is 12.8. The molecule has 1 aromatic carbocycles. The molecule has 3 aromatic rings. The highest BCUT2D eigenvalue weighted by Gasteiger charge is 2.43. The SMILES string of the molecule is CCOP(=O)(CO[C@@H]1C[C@@H](OC(=O)c2ccccc2)[C@H](n2nc3ncnc(N)c3n2)O1)OCC. The molecule has 0 aliphatic carbocycles. The van der Waals surface area contributed by atoms with Gasteiger partial charge in [-0.2, -0.15) is 0 Å². The number of fused-ring (bicyclic) bond motifs is 1. The second kappa shape index (κ2) is 10.5. The van der Waals surface area contributed by atoms with Crippen LogP contribution in [-0.4, -0.2) is 62.9 Å². The molecule has 3 atom stereocenters. The number of nitrogen functional groups attached to an aromatic ring is 1. The molecule has 2 N–H and O–H groups in total. The van der Waals surface area contributed by atoms with Crippen molar-refractivity contribution in [2.45, 2.75) is 38.9 Å². The number of rotatable bonds is 10. The summed E-state index contributed by atoms with van der Waals surface area (Å²) in [6.45, 7) is 3.79. The van der Waals surface area contributed by atoms with Crippen molar-refractivity contribution < 1.29 is 32.6 Å². The third kappa shape index (κ3) is 5.40. The van der Waals surface area contributed by atoms with Gasteiger partial charge < -0.3 is 29.0 Å². The van der Waals surface area contributed by atoms with Crippen LogP contribution in [0.5, 0.6) is 0 Å². The van der Waals surface area contributed by atoms with Crippen molar-refractivity contribution in [3.05, 3.63) is 42.2 Å². The highest BCUT2D eigenvalue weighted by Crippen LogP contribution is 2.48. The fraction of sp³-hybridized carbons (Fsp3) is 0.450. The van der Waals surface area contributed by atoms with Crippen LogP contribution in [0.1, 0.15) is 36.9 Å². The number of hydrogen-bond acceptors (Lipinski definition) is 12. The number of anilines is 1. The van der Waals surface area contributed by atoms with Gasteiger partial charge in [-0.3, -0.25) is 4.57 Å². The van der Waals surface area contributed by atoms with Crippen LogP contribution in [0.2, 0.25) is 0 Å². The van der Waals surface area contributed by atoms with Crippen LogP contribution >= 0.6 is 7.60 Å². The summed E-state index contributed by atoms with van der Waals surface area (Å²) in [5.74, 6) is -0.403. The Kier molecular flexibility index (Phi) is 7.49. The lowest BCUT2D eigenvalue weighted by atomic mass is 10.2. The summed E-state index contributed by atoms with van der Waals surface area (Å²) < 4.78 is 40.6. The zero-order chi connectivity index (χ0) is 24.1. The van der Waals surface area contributed by atoms with Crippen molar-refractivity contribution in [3.63, 3.8) is 0 Å². The first kappa shape index (κ1) is 24.2. The molecule has 0 amide bonds. The van der Waals surface area contributed by atoms with Crippen LogP contribution in [0.25, 0.3) is 11.2 Å². The Morgan fingerprint density at radius 1 is 1.18 bits per heavy atom. The third-order valence-electron chi connectivity index (χ3n) is 4.83. The summed E-state index contributed by atoms with van der Waals surface area (Å²) in [6.07, 6.45) is -1.62. The first-order chi connectivity index (χ1) is 16.4. The number of nitrogens with zero attached hydrogens (tertiary/aromatic N) is 5. The molecule has 0 unspecified atom stereocenters. The van der Waals surface area contributed by atoms with Gasteiger partial charge in [0.1, 0.15) is 6.33 Å². The average molecular weight is 492 g/mol. The van der Waals surface area contributed by atoms with E-state index in [1.807, 2.05) is 0 Å². The normalized spacial score (nSPS) is 20.6. The van der Waals surface area contributed by atoms with Crippen molar-refractivity contribution in [1.82, 2.24) is 25.0 Å². The number of hydrogen-bond donors (Lipinski definition) is 1. The molecule has 34 heavy (non-hydrogen) atoms. The van der Waals surface area contributed by atoms with E-state index in [0.29, 0.717) is 5.56 Å². The Morgan fingerprint density at radius 3 is 2.59 bits per heavy atom. The zero-order valence-electron chi connectivity index (χ0n) is 18.6. The van der Waals surface area contributed by atoms with E-state index in [4.69, 9.17) is 29.0 Å². The van der Waals surface area contributed by atoms with Crippen LogP contribution in [-0.2, 0) is 27.8 Å². The van der Waals surface area contributed by atoms with Gasteiger partial charge in [-0.05, 0) is 26.0 Å². The monoisotopic (exact) mass is 492 g/mol. The van der Waals surface area contributed by atoms with Crippen LogP contribution < -0.4 is 5.73 Å². The summed E-state index contributed by atoms with van der Waals surface area (Å²) in [6, 6.07) is 8.53. The lowest BCUT2D eigenvalue weighted by molar-refractivity contribution is -0.153. The van der Waals surface area contributed by atoms with E-state index in [-0.39, 0.29) is 43.0 Å². The Balaban J connectivity index is 1.55. The minimum absolute atomic E-state index is 0.126. The number of carbonyl (C=O) groups excluding carboxylic acids is 1. The fourth-order valence-corrected chi connectivity index (χ4v) is 4.73. The summed E-state index contributed by atoms with van der Waals surface area (Å²) in [4.78, 5) is 21.9. The summed E-state index contributed by atoms with van der Waals surface area (Å²) >= 11 is 0. The van der Waals surface area contributed by atoms with Gasteiger partial charge >= 0.3 is 13.6 Å². The second-order valence-corrected chi connectivity index (χ2v) is 9.19. The van der Waals surface area contributed by atoms with E-state index in [2.05, 4.69) is 20.2 Å². The molecule has 0 radical (unpaired) electrons. The summed E-state index contributed by atoms with van der Waals surface area (Å²) in [5, 5.41) is 8.59. The minimum Gasteiger partial charge on any atom is -0.454 e. The number of esters is 1. The minimum atomic E-state index is -3.47. The zero-order valence-corrected chi connectivity index (χ0v) is 19.5. The molecule has 3 heterocycles. The van der Waals surface area contributed by atoms with E-state index in [0.717, 1.165) is 0 Å². The van der Waals surface area contributed by atoms with Crippen molar-refractivity contribution >= 4 is 30.5 Å². The Bertz CT molecular complexity index is 1170. The van der Waals surface area contributed by atoms with E-state index in [1.165, 1.54) is 11.1 Å². The first-order valence-corrected chi connectivity index (χ1v) is 12.4. The topological polar surface area (TPSA) is 163 Å². The van der Waals surface area contributed by atoms with Crippen molar-refractivity contribution in [2.24, 2.45) is 0 Å². The van der Waals surface area contributed by atoms with Crippen LogP contribution in [0.15, 0.2) is 36.7 Å². The summed E-state index contributed by atoms with van der Waals surface area (Å²) in [7, 11) is -3.47. The molecule has 1 aliphatic heterocycles. The van der Waals surface area contributed by atoms with E-state index < -0.39 is 32.2 Å². The van der Waals surface area contributed by atoms with Gasteiger partial charge in [0.15, 0.2) is 30.1 Å².